The lowest BCUT2D eigenvalue weighted by Crippen LogP contribution is -2.55. The number of alkyl halides is 3. The highest BCUT2D eigenvalue weighted by Gasteiger charge is 2.31. The fourth-order valence-corrected chi connectivity index (χ4v) is 5.54. The van der Waals surface area contributed by atoms with Crippen molar-refractivity contribution in [2.45, 2.75) is 56.9 Å². The summed E-state index contributed by atoms with van der Waals surface area (Å²) in [5, 5.41) is 9.02. The third-order valence-corrected chi connectivity index (χ3v) is 7.64. The monoisotopic (exact) mass is 559 g/mol. The molecule has 1 unspecified atom stereocenters. The van der Waals surface area contributed by atoms with Gasteiger partial charge in [-0.3, -0.25) is 14.2 Å². The lowest BCUT2D eigenvalue weighted by molar-refractivity contribution is -0.142. The molecule has 1 saturated heterocycles. The Hall–Kier alpha value is -3.34. The largest absolute Gasteiger partial charge is 0.416 e. The van der Waals surface area contributed by atoms with Crippen molar-refractivity contribution in [3.05, 3.63) is 60.2 Å². The van der Waals surface area contributed by atoms with Gasteiger partial charge < -0.3 is 9.80 Å². The van der Waals surface area contributed by atoms with E-state index in [9.17, 15) is 22.8 Å². The number of benzene rings is 2. The molecule has 2 amide bonds. The van der Waals surface area contributed by atoms with Gasteiger partial charge in [-0.05, 0) is 38.0 Å². The van der Waals surface area contributed by atoms with Gasteiger partial charge in [0.1, 0.15) is 0 Å². The van der Waals surface area contributed by atoms with Crippen molar-refractivity contribution in [3.63, 3.8) is 0 Å². The number of halogens is 3. The number of rotatable bonds is 9. The standard InChI is InChI=1S/C28H32F3N5O2S/c1-3-9-25(38)35-16-15-34(19-20(35)2)24(37)14-8-17-39-27-33-32-26(21-10-5-4-6-11-21)36(27)23-13-7-12-22(18-23)28(29,30)31/h4-7,10-13,18,20H,3,8-9,14-17,19H2,1-2H3. The van der Waals surface area contributed by atoms with Crippen LogP contribution in [0.5, 0.6) is 0 Å². The predicted molar refractivity (Wildman–Crippen MR) is 144 cm³/mol. The molecule has 1 aliphatic heterocycles. The number of carbonyl (C=O) groups is 2. The number of carbonyl (C=O) groups excluding carboxylic acids is 2. The van der Waals surface area contributed by atoms with Crippen LogP contribution in [0.1, 0.15) is 45.1 Å². The van der Waals surface area contributed by atoms with Gasteiger partial charge in [-0.1, -0.05) is 55.1 Å². The summed E-state index contributed by atoms with van der Waals surface area (Å²) in [4.78, 5) is 28.8. The highest BCUT2D eigenvalue weighted by molar-refractivity contribution is 7.99. The molecule has 0 saturated carbocycles. The average molecular weight is 560 g/mol. The van der Waals surface area contributed by atoms with Gasteiger partial charge >= 0.3 is 6.18 Å². The summed E-state index contributed by atoms with van der Waals surface area (Å²) in [7, 11) is 0. The molecule has 0 N–H and O–H groups in total. The fourth-order valence-electron chi connectivity index (χ4n) is 4.65. The SMILES string of the molecule is CCCC(=O)N1CCN(C(=O)CCCSc2nnc(-c3ccccc3)n2-c2cccc(C(F)(F)F)c2)CC1C. The van der Waals surface area contributed by atoms with Crippen molar-refractivity contribution in [2.24, 2.45) is 0 Å². The zero-order chi connectivity index (χ0) is 28.0. The lowest BCUT2D eigenvalue weighted by Gasteiger charge is -2.40. The van der Waals surface area contributed by atoms with E-state index in [1.807, 2.05) is 54.0 Å². The van der Waals surface area contributed by atoms with Crippen LogP contribution in [0.25, 0.3) is 17.1 Å². The summed E-state index contributed by atoms with van der Waals surface area (Å²) < 4.78 is 41.9. The fraction of sp³-hybridized carbons (Fsp3) is 0.429. The minimum absolute atomic E-state index is 0.0152. The second kappa shape index (κ2) is 12.7. The minimum Gasteiger partial charge on any atom is -0.339 e. The summed E-state index contributed by atoms with van der Waals surface area (Å²) in [6.45, 7) is 5.53. The number of thioether (sulfide) groups is 1. The molecule has 1 atom stereocenters. The van der Waals surface area contributed by atoms with Gasteiger partial charge in [0, 0.05) is 49.8 Å². The molecule has 208 valence electrons. The van der Waals surface area contributed by atoms with Crippen LogP contribution in [0.4, 0.5) is 13.2 Å². The maximum Gasteiger partial charge on any atom is 0.416 e. The van der Waals surface area contributed by atoms with Crippen molar-refractivity contribution in [1.29, 1.82) is 0 Å². The second-order valence-corrected chi connectivity index (χ2v) is 10.6. The van der Waals surface area contributed by atoms with Crippen molar-refractivity contribution < 1.29 is 22.8 Å². The summed E-state index contributed by atoms with van der Waals surface area (Å²) in [5.74, 6) is 1.16. The number of hydrogen-bond acceptors (Lipinski definition) is 5. The molecule has 0 aliphatic carbocycles. The minimum atomic E-state index is -4.48. The van der Waals surface area contributed by atoms with Crippen LogP contribution < -0.4 is 0 Å². The van der Waals surface area contributed by atoms with Gasteiger partial charge in [-0.2, -0.15) is 13.2 Å². The first kappa shape index (κ1) is 28.7. The summed E-state index contributed by atoms with van der Waals surface area (Å²) >= 11 is 1.35. The molecule has 11 heteroatoms. The van der Waals surface area contributed by atoms with Gasteiger partial charge in [-0.15, -0.1) is 10.2 Å². The lowest BCUT2D eigenvalue weighted by atomic mass is 10.1. The zero-order valence-corrected chi connectivity index (χ0v) is 22.8. The summed E-state index contributed by atoms with van der Waals surface area (Å²) in [5.41, 5.74) is 0.298. The van der Waals surface area contributed by atoms with Crippen LogP contribution >= 0.6 is 11.8 Å². The second-order valence-electron chi connectivity index (χ2n) is 9.53. The molecule has 0 radical (unpaired) electrons. The number of aromatic nitrogens is 3. The molecule has 1 fully saturated rings. The molecule has 3 aromatic rings. The van der Waals surface area contributed by atoms with Crippen molar-refractivity contribution in [2.75, 3.05) is 25.4 Å². The molecule has 4 rings (SSSR count). The van der Waals surface area contributed by atoms with Crippen LogP contribution in [0, 0.1) is 0 Å². The van der Waals surface area contributed by atoms with Gasteiger partial charge in [0.2, 0.25) is 11.8 Å². The van der Waals surface area contributed by atoms with Gasteiger partial charge in [0.05, 0.1) is 11.3 Å². The van der Waals surface area contributed by atoms with E-state index in [2.05, 4.69) is 10.2 Å². The quantitative estimate of drug-likeness (QED) is 0.249. The van der Waals surface area contributed by atoms with Crippen LogP contribution in [0.3, 0.4) is 0 Å². The molecule has 7 nitrogen and oxygen atoms in total. The average Bonchev–Trinajstić information content (AvgIpc) is 3.35. The van der Waals surface area contributed by atoms with Crippen molar-refractivity contribution in [1.82, 2.24) is 24.6 Å². The first-order chi connectivity index (χ1) is 18.7. The molecule has 0 spiro atoms. The molecule has 2 heterocycles. The number of piperazine rings is 1. The van der Waals surface area contributed by atoms with Gasteiger partial charge in [-0.25, -0.2) is 0 Å². The van der Waals surface area contributed by atoms with E-state index in [0.717, 1.165) is 24.1 Å². The number of amides is 2. The third kappa shape index (κ3) is 7.00. The Morgan fingerprint density at radius 2 is 1.77 bits per heavy atom. The first-order valence-corrected chi connectivity index (χ1v) is 14.1. The third-order valence-electron chi connectivity index (χ3n) is 6.63. The van der Waals surface area contributed by atoms with Crippen molar-refractivity contribution >= 4 is 23.6 Å². The summed E-state index contributed by atoms with van der Waals surface area (Å²) in [6, 6.07) is 14.3. The Labute approximate surface area is 230 Å². The molecular weight excluding hydrogens is 527 g/mol. The predicted octanol–water partition coefficient (Wildman–Crippen LogP) is 5.68. The Bertz CT molecular complexity index is 1280. The molecule has 0 bridgehead atoms. The highest BCUT2D eigenvalue weighted by atomic mass is 32.2. The first-order valence-electron chi connectivity index (χ1n) is 13.1. The van der Waals surface area contributed by atoms with E-state index in [4.69, 9.17) is 0 Å². The van der Waals surface area contributed by atoms with E-state index in [1.165, 1.54) is 17.8 Å². The van der Waals surface area contributed by atoms with E-state index >= 15 is 0 Å². The van der Waals surface area contributed by atoms with E-state index in [1.54, 1.807) is 10.6 Å². The van der Waals surface area contributed by atoms with Crippen LogP contribution in [-0.4, -0.2) is 67.8 Å². The van der Waals surface area contributed by atoms with E-state index in [-0.39, 0.29) is 17.9 Å². The smallest absolute Gasteiger partial charge is 0.339 e. The molecule has 1 aromatic heterocycles. The molecule has 2 aromatic carbocycles. The Morgan fingerprint density at radius 1 is 1.00 bits per heavy atom. The van der Waals surface area contributed by atoms with Gasteiger partial charge in [0.25, 0.3) is 0 Å². The highest BCUT2D eigenvalue weighted by Crippen LogP contribution is 2.33. The topological polar surface area (TPSA) is 71.3 Å². The number of hydrogen-bond donors (Lipinski definition) is 0. The zero-order valence-electron chi connectivity index (χ0n) is 22.0. The Balaban J connectivity index is 1.42. The molecular formula is C28H32F3N5O2S. The molecule has 39 heavy (non-hydrogen) atoms. The maximum atomic E-state index is 13.4. The summed E-state index contributed by atoms with van der Waals surface area (Å²) in [6.07, 6.45) is -2.24. The normalized spacial score (nSPS) is 16.0. The Morgan fingerprint density at radius 3 is 2.46 bits per heavy atom. The van der Waals surface area contributed by atoms with Crippen LogP contribution in [-0.2, 0) is 15.8 Å². The van der Waals surface area contributed by atoms with Gasteiger partial charge in [0.15, 0.2) is 11.0 Å². The maximum absolute atomic E-state index is 13.4. The van der Waals surface area contributed by atoms with Crippen LogP contribution in [0.15, 0.2) is 59.8 Å². The van der Waals surface area contributed by atoms with Crippen LogP contribution in [0.2, 0.25) is 0 Å². The Kier molecular flexibility index (Phi) is 9.32. The number of nitrogens with zero attached hydrogens (tertiary/aromatic N) is 5. The van der Waals surface area contributed by atoms with E-state index in [0.29, 0.717) is 61.3 Å². The van der Waals surface area contributed by atoms with Crippen molar-refractivity contribution in [3.8, 4) is 17.1 Å². The molecule has 1 aliphatic rings. The van der Waals surface area contributed by atoms with E-state index < -0.39 is 11.7 Å².